The van der Waals surface area contributed by atoms with E-state index in [4.69, 9.17) is 5.73 Å². The van der Waals surface area contributed by atoms with Crippen LogP contribution in [0.1, 0.15) is 12.8 Å². The molecule has 3 rings (SSSR count). The highest BCUT2D eigenvalue weighted by molar-refractivity contribution is 14.0. The number of thiazole rings is 1. The molecule has 0 bridgehead atoms. The zero-order valence-corrected chi connectivity index (χ0v) is 16.9. The highest BCUT2D eigenvalue weighted by Gasteiger charge is 2.21. The lowest BCUT2D eigenvalue weighted by molar-refractivity contribution is 0.214. The van der Waals surface area contributed by atoms with Crippen molar-refractivity contribution in [3.05, 3.63) is 11.6 Å². The number of piperazine rings is 1. The summed E-state index contributed by atoms with van der Waals surface area (Å²) in [4.78, 5) is 16.0. The van der Waals surface area contributed by atoms with Crippen LogP contribution in [0.3, 0.4) is 0 Å². The van der Waals surface area contributed by atoms with E-state index >= 15 is 0 Å². The highest BCUT2D eigenvalue weighted by Crippen LogP contribution is 2.19. The largest absolute Gasteiger partial charge is 0.370 e. The smallest absolute Gasteiger partial charge is 0.191 e. The van der Waals surface area contributed by atoms with Crippen LogP contribution in [-0.2, 0) is 0 Å². The van der Waals surface area contributed by atoms with Gasteiger partial charge in [0, 0.05) is 50.8 Å². The Balaban J connectivity index is 0.00000192. The van der Waals surface area contributed by atoms with Gasteiger partial charge in [0.2, 0.25) is 0 Å². The molecule has 2 aliphatic rings. The van der Waals surface area contributed by atoms with Crippen LogP contribution in [0, 0.1) is 5.92 Å². The minimum Gasteiger partial charge on any atom is -0.370 e. The quantitative estimate of drug-likeness (QED) is 0.430. The molecule has 6 nitrogen and oxygen atoms in total. The van der Waals surface area contributed by atoms with Crippen LogP contribution < -0.4 is 10.6 Å². The third-order valence-corrected chi connectivity index (χ3v) is 5.36. The van der Waals surface area contributed by atoms with Crippen molar-refractivity contribution in [3.8, 4) is 0 Å². The molecule has 0 amide bonds. The summed E-state index contributed by atoms with van der Waals surface area (Å²) < 4.78 is 0. The van der Waals surface area contributed by atoms with Gasteiger partial charge in [-0.3, -0.25) is 4.99 Å². The predicted molar refractivity (Wildman–Crippen MR) is 108 cm³/mol. The summed E-state index contributed by atoms with van der Waals surface area (Å²) in [5.41, 5.74) is 6.20. The van der Waals surface area contributed by atoms with E-state index in [0.717, 1.165) is 44.4 Å². The van der Waals surface area contributed by atoms with Crippen LogP contribution in [0.4, 0.5) is 5.13 Å². The van der Waals surface area contributed by atoms with Gasteiger partial charge in [0.05, 0.1) is 0 Å². The number of aliphatic imine (C=N–C) groups is 1. The molecule has 2 fully saturated rings. The van der Waals surface area contributed by atoms with Gasteiger partial charge >= 0.3 is 0 Å². The normalized spacial score (nSPS) is 23.7. The van der Waals surface area contributed by atoms with Gasteiger partial charge in [-0.05, 0) is 32.4 Å². The van der Waals surface area contributed by atoms with Crippen molar-refractivity contribution >= 4 is 46.4 Å². The molecule has 0 spiro atoms. The molecule has 1 atom stereocenters. The molecule has 0 radical (unpaired) electrons. The Bertz CT molecular complexity index is 486. The summed E-state index contributed by atoms with van der Waals surface area (Å²) in [6.45, 7) is 7.02. The van der Waals surface area contributed by atoms with Crippen LogP contribution in [0.5, 0.6) is 0 Å². The number of likely N-dealkylation sites (tertiary alicyclic amines) is 1. The molecule has 3 heterocycles. The summed E-state index contributed by atoms with van der Waals surface area (Å²) in [6, 6.07) is 0. The van der Waals surface area contributed by atoms with Gasteiger partial charge < -0.3 is 20.4 Å². The lowest BCUT2D eigenvalue weighted by Gasteiger charge is -2.35. The third kappa shape index (κ3) is 5.18. The second kappa shape index (κ2) is 9.03. The fraction of sp³-hybridized carbons (Fsp3) is 0.733. The minimum atomic E-state index is 0. The number of piperidine rings is 1. The van der Waals surface area contributed by atoms with Gasteiger partial charge in [-0.1, -0.05) is 0 Å². The molecule has 1 aromatic heterocycles. The maximum Gasteiger partial charge on any atom is 0.191 e. The monoisotopic (exact) mass is 450 g/mol. The van der Waals surface area contributed by atoms with E-state index in [0.29, 0.717) is 11.9 Å². The number of anilines is 1. The lowest BCUT2D eigenvalue weighted by atomic mass is 9.99. The summed E-state index contributed by atoms with van der Waals surface area (Å²) in [5.74, 6) is 1.38. The molecule has 23 heavy (non-hydrogen) atoms. The van der Waals surface area contributed by atoms with Gasteiger partial charge in [0.15, 0.2) is 11.1 Å². The SMILES string of the molecule is CN1CCCC(CN=C(N)N2CCN(c3nccs3)CC2)C1.I. The standard InChI is InChI=1S/C15H26N6S.HI/c1-19-5-2-3-13(12-19)11-18-14(16)20-6-8-21(9-7-20)15-17-4-10-22-15;/h4,10,13H,2-3,5-9,11-12H2,1H3,(H2,16,18);1H. The predicted octanol–water partition coefficient (Wildman–Crippen LogP) is 1.54. The number of hydrogen-bond acceptors (Lipinski definition) is 5. The fourth-order valence-corrected chi connectivity index (χ4v) is 3.94. The number of nitrogens with two attached hydrogens (primary N) is 1. The second-order valence-electron chi connectivity index (χ2n) is 6.26. The zero-order chi connectivity index (χ0) is 15.4. The maximum absolute atomic E-state index is 6.20. The van der Waals surface area contributed by atoms with Crippen molar-refractivity contribution in [2.24, 2.45) is 16.6 Å². The van der Waals surface area contributed by atoms with E-state index in [2.05, 4.69) is 31.7 Å². The maximum atomic E-state index is 6.20. The molecule has 2 N–H and O–H groups in total. The Morgan fingerprint density at radius 1 is 1.35 bits per heavy atom. The van der Waals surface area contributed by atoms with E-state index in [9.17, 15) is 0 Å². The van der Waals surface area contributed by atoms with E-state index < -0.39 is 0 Å². The van der Waals surface area contributed by atoms with Crippen molar-refractivity contribution in [2.45, 2.75) is 12.8 Å². The minimum absolute atomic E-state index is 0. The Labute approximate surface area is 159 Å². The Kier molecular flexibility index (Phi) is 7.35. The number of hydrogen-bond donors (Lipinski definition) is 1. The molecule has 0 saturated carbocycles. The van der Waals surface area contributed by atoms with Crippen molar-refractivity contribution in [3.63, 3.8) is 0 Å². The van der Waals surface area contributed by atoms with E-state index in [-0.39, 0.29) is 24.0 Å². The Morgan fingerprint density at radius 2 is 2.13 bits per heavy atom. The third-order valence-electron chi connectivity index (χ3n) is 4.53. The molecule has 1 aromatic rings. The van der Waals surface area contributed by atoms with Crippen LogP contribution in [-0.4, -0.2) is 73.6 Å². The summed E-state index contributed by atoms with van der Waals surface area (Å²) in [7, 11) is 2.19. The van der Waals surface area contributed by atoms with Crippen LogP contribution in [0.2, 0.25) is 0 Å². The van der Waals surface area contributed by atoms with Gasteiger partial charge in [-0.15, -0.1) is 35.3 Å². The van der Waals surface area contributed by atoms with Crippen molar-refractivity contribution < 1.29 is 0 Å². The van der Waals surface area contributed by atoms with Gasteiger partial charge in [-0.2, -0.15) is 0 Å². The molecule has 8 heteroatoms. The lowest BCUT2D eigenvalue weighted by Crippen LogP contribution is -2.51. The van der Waals surface area contributed by atoms with Gasteiger partial charge in [0.1, 0.15) is 0 Å². The molecule has 130 valence electrons. The highest BCUT2D eigenvalue weighted by atomic mass is 127. The molecule has 0 aromatic carbocycles. The first-order valence-corrected chi connectivity index (χ1v) is 8.98. The molecule has 2 saturated heterocycles. The summed E-state index contributed by atoms with van der Waals surface area (Å²) in [6.07, 6.45) is 4.42. The average molecular weight is 450 g/mol. The Hall–Kier alpha value is -0.610. The zero-order valence-electron chi connectivity index (χ0n) is 13.7. The molecular weight excluding hydrogens is 423 g/mol. The van der Waals surface area contributed by atoms with Crippen LogP contribution >= 0.6 is 35.3 Å². The number of aromatic nitrogens is 1. The molecule has 0 aliphatic carbocycles. The number of halogens is 1. The first-order valence-electron chi connectivity index (χ1n) is 8.10. The fourth-order valence-electron chi connectivity index (χ4n) is 3.24. The van der Waals surface area contributed by atoms with Crippen LogP contribution in [0.15, 0.2) is 16.6 Å². The van der Waals surface area contributed by atoms with Crippen LogP contribution in [0.25, 0.3) is 0 Å². The second-order valence-corrected chi connectivity index (χ2v) is 7.13. The molecule has 2 aliphatic heterocycles. The van der Waals surface area contributed by atoms with E-state index in [1.165, 1.54) is 19.4 Å². The van der Waals surface area contributed by atoms with Crippen molar-refractivity contribution in [1.82, 2.24) is 14.8 Å². The number of nitrogens with zero attached hydrogens (tertiary/aromatic N) is 5. The Morgan fingerprint density at radius 3 is 2.78 bits per heavy atom. The molecular formula is C15H27IN6S. The summed E-state index contributed by atoms with van der Waals surface area (Å²) >= 11 is 1.70. The number of rotatable bonds is 3. The number of guanidine groups is 1. The van der Waals surface area contributed by atoms with Crippen molar-refractivity contribution in [2.75, 3.05) is 57.8 Å². The van der Waals surface area contributed by atoms with E-state index in [1.807, 2.05) is 11.6 Å². The first kappa shape index (κ1) is 18.7. The first-order chi connectivity index (χ1) is 10.7. The molecule has 1 unspecified atom stereocenters. The van der Waals surface area contributed by atoms with Gasteiger partial charge in [0.25, 0.3) is 0 Å². The summed E-state index contributed by atoms with van der Waals surface area (Å²) in [5, 5.41) is 3.14. The van der Waals surface area contributed by atoms with Crippen molar-refractivity contribution in [1.29, 1.82) is 0 Å². The van der Waals surface area contributed by atoms with Gasteiger partial charge in [-0.25, -0.2) is 4.98 Å². The van der Waals surface area contributed by atoms with E-state index in [1.54, 1.807) is 11.3 Å². The topological polar surface area (TPSA) is 61.0 Å². The average Bonchev–Trinajstić information content (AvgIpc) is 3.07.